The van der Waals surface area contributed by atoms with Gasteiger partial charge < -0.3 is 5.11 Å². The first kappa shape index (κ1) is 9.70. The average molecular weight is 142 g/mol. The summed E-state index contributed by atoms with van der Waals surface area (Å²) in [5.41, 5.74) is 1.62. The van der Waals surface area contributed by atoms with Gasteiger partial charge >= 0.3 is 0 Å². The van der Waals surface area contributed by atoms with Gasteiger partial charge in [-0.05, 0) is 18.8 Å². The number of aliphatic hydroxyl groups is 1. The van der Waals surface area contributed by atoms with E-state index in [0.29, 0.717) is 5.41 Å². The molecule has 0 amide bonds. The highest BCUT2D eigenvalue weighted by Gasteiger charge is 2.09. The molecule has 0 fully saturated rings. The van der Waals surface area contributed by atoms with Gasteiger partial charge in [-0.1, -0.05) is 32.4 Å². The van der Waals surface area contributed by atoms with Crippen molar-refractivity contribution in [3.8, 4) is 0 Å². The summed E-state index contributed by atoms with van der Waals surface area (Å²) in [4.78, 5) is 0. The molecule has 0 saturated heterocycles. The summed E-state index contributed by atoms with van der Waals surface area (Å²) >= 11 is 0. The fourth-order valence-electron chi connectivity index (χ4n) is 1.06. The molecule has 1 N–H and O–H groups in total. The monoisotopic (exact) mass is 142 g/mol. The zero-order valence-corrected chi connectivity index (χ0v) is 7.44. The summed E-state index contributed by atoms with van der Waals surface area (Å²) < 4.78 is 0. The molecule has 0 aliphatic carbocycles. The van der Waals surface area contributed by atoms with Crippen molar-refractivity contribution in [3.05, 3.63) is 11.6 Å². The molecule has 0 spiro atoms. The second kappa shape index (κ2) is 3.77. The van der Waals surface area contributed by atoms with E-state index >= 15 is 0 Å². The second-order valence-corrected chi connectivity index (χ2v) is 3.97. The van der Waals surface area contributed by atoms with Crippen molar-refractivity contribution in [2.24, 2.45) is 5.41 Å². The SMILES string of the molecule is C/C(=C\CO)CC(C)(C)C. The van der Waals surface area contributed by atoms with E-state index in [1.807, 2.05) is 6.08 Å². The Morgan fingerprint density at radius 3 is 2.20 bits per heavy atom. The summed E-state index contributed by atoms with van der Waals surface area (Å²) in [7, 11) is 0. The Bertz CT molecular complexity index is 117. The molecule has 0 heterocycles. The van der Waals surface area contributed by atoms with Gasteiger partial charge in [0, 0.05) is 0 Å². The van der Waals surface area contributed by atoms with Crippen molar-refractivity contribution in [2.75, 3.05) is 6.61 Å². The van der Waals surface area contributed by atoms with E-state index < -0.39 is 0 Å². The van der Waals surface area contributed by atoms with Crippen LogP contribution in [0.4, 0.5) is 0 Å². The van der Waals surface area contributed by atoms with E-state index in [1.54, 1.807) is 0 Å². The maximum Gasteiger partial charge on any atom is 0.0614 e. The molecule has 0 aromatic carbocycles. The number of aliphatic hydroxyl groups excluding tert-OH is 1. The van der Waals surface area contributed by atoms with Gasteiger partial charge in [0.15, 0.2) is 0 Å². The van der Waals surface area contributed by atoms with E-state index in [2.05, 4.69) is 27.7 Å². The van der Waals surface area contributed by atoms with E-state index in [-0.39, 0.29) is 6.61 Å². The van der Waals surface area contributed by atoms with Gasteiger partial charge in [-0.15, -0.1) is 0 Å². The number of allylic oxidation sites excluding steroid dienone is 1. The van der Waals surface area contributed by atoms with Crippen LogP contribution in [-0.4, -0.2) is 11.7 Å². The third-order valence-corrected chi connectivity index (χ3v) is 1.25. The molecule has 1 nitrogen and oxygen atoms in total. The first-order chi connectivity index (χ1) is 4.45. The highest BCUT2D eigenvalue weighted by molar-refractivity contribution is 5.00. The predicted molar refractivity (Wildman–Crippen MR) is 44.9 cm³/mol. The van der Waals surface area contributed by atoms with Crippen molar-refractivity contribution in [2.45, 2.75) is 34.1 Å². The van der Waals surface area contributed by atoms with Crippen LogP contribution in [0.2, 0.25) is 0 Å². The minimum absolute atomic E-state index is 0.169. The van der Waals surface area contributed by atoms with E-state index in [0.717, 1.165) is 6.42 Å². The van der Waals surface area contributed by atoms with Gasteiger partial charge in [-0.2, -0.15) is 0 Å². The lowest BCUT2D eigenvalue weighted by Gasteiger charge is -2.17. The molecule has 0 aromatic heterocycles. The third-order valence-electron chi connectivity index (χ3n) is 1.25. The molecule has 0 atom stereocenters. The Morgan fingerprint density at radius 1 is 1.40 bits per heavy atom. The normalized spacial score (nSPS) is 13.9. The lowest BCUT2D eigenvalue weighted by atomic mass is 9.88. The van der Waals surface area contributed by atoms with Crippen LogP contribution in [0, 0.1) is 5.41 Å². The number of hydrogen-bond acceptors (Lipinski definition) is 1. The topological polar surface area (TPSA) is 20.2 Å². The largest absolute Gasteiger partial charge is 0.392 e. The lowest BCUT2D eigenvalue weighted by Crippen LogP contribution is -2.05. The predicted octanol–water partition coefficient (Wildman–Crippen LogP) is 2.36. The summed E-state index contributed by atoms with van der Waals surface area (Å²) in [5, 5.41) is 8.56. The zero-order chi connectivity index (χ0) is 8.20. The second-order valence-electron chi connectivity index (χ2n) is 3.97. The van der Waals surface area contributed by atoms with Gasteiger partial charge in [0.05, 0.1) is 6.61 Å². The van der Waals surface area contributed by atoms with Crippen molar-refractivity contribution < 1.29 is 5.11 Å². The minimum Gasteiger partial charge on any atom is -0.392 e. The van der Waals surface area contributed by atoms with Crippen LogP contribution < -0.4 is 0 Å². The molecule has 0 saturated carbocycles. The molecule has 60 valence electrons. The molecule has 0 aliphatic heterocycles. The molecule has 0 unspecified atom stereocenters. The van der Waals surface area contributed by atoms with Crippen molar-refractivity contribution in [1.29, 1.82) is 0 Å². The molecule has 1 heteroatoms. The molecule has 0 aliphatic rings. The average Bonchev–Trinajstić information content (AvgIpc) is 1.59. The third kappa shape index (κ3) is 5.83. The molecule has 0 bridgehead atoms. The van der Waals surface area contributed by atoms with Crippen LogP contribution in [0.5, 0.6) is 0 Å². The molecule has 0 rings (SSSR count). The fourth-order valence-corrected chi connectivity index (χ4v) is 1.06. The van der Waals surface area contributed by atoms with Crippen molar-refractivity contribution >= 4 is 0 Å². The van der Waals surface area contributed by atoms with Crippen LogP contribution in [0.1, 0.15) is 34.1 Å². The van der Waals surface area contributed by atoms with Crippen molar-refractivity contribution in [1.82, 2.24) is 0 Å². The Kier molecular flexibility index (Phi) is 3.66. The molecule has 0 aromatic rings. The standard InChI is InChI=1S/C9H18O/c1-8(5-6-10)7-9(2,3)4/h5,10H,6-7H2,1-4H3/b8-5+. The number of rotatable bonds is 2. The Balaban J connectivity index is 3.79. The van der Waals surface area contributed by atoms with Gasteiger partial charge in [0.2, 0.25) is 0 Å². The van der Waals surface area contributed by atoms with Crippen LogP contribution in [-0.2, 0) is 0 Å². The van der Waals surface area contributed by atoms with Gasteiger partial charge in [-0.3, -0.25) is 0 Å². The van der Waals surface area contributed by atoms with Crippen LogP contribution in [0.3, 0.4) is 0 Å². The van der Waals surface area contributed by atoms with Gasteiger partial charge in [-0.25, -0.2) is 0 Å². The van der Waals surface area contributed by atoms with Crippen molar-refractivity contribution in [3.63, 3.8) is 0 Å². The summed E-state index contributed by atoms with van der Waals surface area (Å²) in [6.45, 7) is 8.81. The first-order valence-electron chi connectivity index (χ1n) is 3.72. The first-order valence-corrected chi connectivity index (χ1v) is 3.72. The Hall–Kier alpha value is -0.300. The summed E-state index contributed by atoms with van der Waals surface area (Å²) in [6.07, 6.45) is 2.93. The summed E-state index contributed by atoms with van der Waals surface area (Å²) in [5.74, 6) is 0. The molecular weight excluding hydrogens is 124 g/mol. The smallest absolute Gasteiger partial charge is 0.0614 e. The zero-order valence-electron chi connectivity index (χ0n) is 7.44. The highest BCUT2D eigenvalue weighted by Crippen LogP contribution is 2.23. The van der Waals surface area contributed by atoms with Crippen LogP contribution in [0.15, 0.2) is 11.6 Å². The molecule has 10 heavy (non-hydrogen) atoms. The molecular formula is C9H18O. The highest BCUT2D eigenvalue weighted by atomic mass is 16.2. The lowest BCUT2D eigenvalue weighted by molar-refractivity contribution is 0.339. The quantitative estimate of drug-likeness (QED) is 0.587. The maximum atomic E-state index is 8.56. The Labute approximate surface area is 63.8 Å². The van der Waals surface area contributed by atoms with Crippen LogP contribution >= 0.6 is 0 Å². The van der Waals surface area contributed by atoms with E-state index in [9.17, 15) is 0 Å². The summed E-state index contributed by atoms with van der Waals surface area (Å²) in [6, 6.07) is 0. The van der Waals surface area contributed by atoms with E-state index in [1.165, 1.54) is 5.57 Å². The minimum atomic E-state index is 0.169. The van der Waals surface area contributed by atoms with Crippen LogP contribution in [0.25, 0.3) is 0 Å². The molecule has 0 radical (unpaired) electrons. The fraction of sp³-hybridized carbons (Fsp3) is 0.778. The number of hydrogen-bond donors (Lipinski definition) is 1. The Morgan fingerprint density at radius 2 is 1.90 bits per heavy atom. The maximum absolute atomic E-state index is 8.56. The van der Waals surface area contributed by atoms with E-state index in [4.69, 9.17) is 5.11 Å². The van der Waals surface area contributed by atoms with Gasteiger partial charge in [0.1, 0.15) is 0 Å². The van der Waals surface area contributed by atoms with Gasteiger partial charge in [0.25, 0.3) is 0 Å².